The Bertz CT molecular complexity index is 333. The highest BCUT2D eigenvalue weighted by Gasteiger charge is 2.43. The first-order valence-electron chi connectivity index (χ1n) is 7.28. The number of hydrogen-bond acceptors (Lipinski definition) is 3. The highest BCUT2D eigenvalue weighted by atomic mass is 16.5. The third-order valence-corrected chi connectivity index (χ3v) is 3.56. The maximum Gasteiger partial charge on any atom is 0.319 e. The first kappa shape index (κ1) is 16.0. The molecule has 0 aromatic carbocycles. The summed E-state index contributed by atoms with van der Waals surface area (Å²) in [7, 11) is 0. The second kappa shape index (κ2) is 6.40. The molecule has 0 radical (unpaired) electrons. The number of esters is 1. The SMILES string of the molecule is CCCC1CC1NC(=O)C(C(=O)OCC)C(C)(C)C. The second-order valence-electron chi connectivity index (χ2n) is 6.45. The van der Waals surface area contributed by atoms with E-state index in [1.54, 1.807) is 6.92 Å². The van der Waals surface area contributed by atoms with E-state index in [2.05, 4.69) is 12.2 Å². The van der Waals surface area contributed by atoms with E-state index < -0.39 is 17.3 Å². The molecule has 0 bridgehead atoms. The van der Waals surface area contributed by atoms with Gasteiger partial charge in [0.1, 0.15) is 5.92 Å². The summed E-state index contributed by atoms with van der Waals surface area (Å²) in [5.74, 6) is -0.734. The van der Waals surface area contributed by atoms with Crippen molar-refractivity contribution in [1.82, 2.24) is 5.32 Å². The van der Waals surface area contributed by atoms with Gasteiger partial charge in [0.05, 0.1) is 6.61 Å². The van der Waals surface area contributed by atoms with Crippen LogP contribution in [0.25, 0.3) is 0 Å². The largest absolute Gasteiger partial charge is 0.465 e. The van der Waals surface area contributed by atoms with E-state index in [4.69, 9.17) is 4.74 Å². The average molecular weight is 269 g/mol. The van der Waals surface area contributed by atoms with Gasteiger partial charge in [0.2, 0.25) is 5.91 Å². The van der Waals surface area contributed by atoms with Crippen molar-refractivity contribution >= 4 is 11.9 Å². The molecule has 1 fully saturated rings. The minimum Gasteiger partial charge on any atom is -0.465 e. The predicted molar refractivity (Wildman–Crippen MR) is 74.5 cm³/mol. The van der Waals surface area contributed by atoms with Crippen LogP contribution >= 0.6 is 0 Å². The fraction of sp³-hybridized carbons (Fsp3) is 0.867. The monoisotopic (exact) mass is 269 g/mol. The highest BCUT2D eigenvalue weighted by Crippen LogP contribution is 2.36. The zero-order chi connectivity index (χ0) is 14.6. The normalized spacial score (nSPS) is 23.6. The minimum atomic E-state index is -0.727. The molecule has 3 atom stereocenters. The fourth-order valence-electron chi connectivity index (χ4n) is 2.46. The topological polar surface area (TPSA) is 55.4 Å². The smallest absolute Gasteiger partial charge is 0.319 e. The highest BCUT2D eigenvalue weighted by molar-refractivity contribution is 5.98. The van der Waals surface area contributed by atoms with Gasteiger partial charge >= 0.3 is 5.97 Å². The number of carbonyl (C=O) groups excluding carboxylic acids is 2. The van der Waals surface area contributed by atoms with Crippen molar-refractivity contribution in [3.63, 3.8) is 0 Å². The van der Waals surface area contributed by atoms with Crippen LogP contribution in [0.4, 0.5) is 0 Å². The first-order chi connectivity index (χ1) is 8.81. The summed E-state index contributed by atoms with van der Waals surface area (Å²) in [6.07, 6.45) is 3.32. The molecule has 0 aliphatic heterocycles. The van der Waals surface area contributed by atoms with Gasteiger partial charge in [-0.3, -0.25) is 9.59 Å². The molecule has 0 saturated heterocycles. The number of ether oxygens (including phenoxy) is 1. The Morgan fingerprint density at radius 1 is 1.32 bits per heavy atom. The van der Waals surface area contributed by atoms with Crippen molar-refractivity contribution in [2.75, 3.05) is 6.61 Å². The van der Waals surface area contributed by atoms with Crippen LogP contribution in [-0.2, 0) is 14.3 Å². The maximum absolute atomic E-state index is 12.3. The van der Waals surface area contributed by atoms with Crippen LogP contribution < -0.4 is 5.32 Å². The number of amides is 1. The van der Waals surface area contributed by atoms with Crippen molar-refractivity contribution in [2.45, 2.75) is 59.9 Å². The summed E-state index contributed by atoms with van der Waals surface area (Å²) in [5.41, 5.74) is -0.425. The zero-order valence-electron chi connectivity index (χ0n) is 12.8. The van der Waals surface area contributed by atoms with Gasteiger partial charge in [-0.2, -0.15) is 0 Å². The van der Waals surface area contributed by atoms with Gasteiger partial charge in [-0.05, 0) is 31.1 Å². The van der Waals surface area contributed by atoms with Crippen LogP contribution in [-0.4, -0.2) is 24.5 Å². The molecule has 4 nitrogen and oxygen atoms in total. The van der Waals surface area contributed by atoms with E-state index in [-0.39, 0.29) is 11.9 Å². The first-order valence-corrected chi connectivity index (χ1v) is 7.28. The molecule has 0 heterocycles. The maximum atomic E-state index is 12.3. The second-order valence-corrected chi connectivity index (χ2v) is 6.45. The summed E-state index contributed by atoms with van der Waals surface area (Å²) in [6, 6.07) is 0.256. The summed E-state index contributed by atoms with van der Waals surface area (Å²) in [4.78, 5) is 24.3. The number of hydrogen-bond donors (Lipinski definition) is 1. The number of nitrogens with one attached hydrogen (secondary N) is 1. The van der Waals surface area contributed by atoms with E-state index in [1.165, 1.54) is 0 Å². The minimum absolute atomic E-state index is 0.186. The van der Waals surface area contributed by atoms with Gasteiger partial charge in [0, 0.05) is 6.04 Å². The van der Waals surface area contributed by atoms with Crippen molar-refractivity contribution in [1.29, 1.82) is 0 Å². The van der Waals surface area contributed by atoms with Crippen LogP contribution in [0.2, 0.25) is 0 Å². The molecule has 0 aromatic rings. The Morgan fingerprint density at radius 3 is 2.42 bits per heavy atom. The lowest BCUT2D eigenvalue weighted by atomic mass is 9.80. The molecule has 3 unspecified atom stereocenters. The van der Waals surface area contributed by atoms with Gasteiger partial charge in [-0.1, -0.05) is 34.1 Å². The number of rotatable bonds is 6. The van der Waals surface area contributed by atoms with Crippen molar-refractivity contribution in [2.24, 2.45) is 17.3 Å². The Morgan fingerprint density at radius 2 is 1.95 bits per heavy atom. The van der Waals surface area contributed by atoms with Crippen molar-refractivity contribution in [3.8, 4) is 0 Å². The van der Waals surface area contributed by atoms with Gasteiger partial charge < -0.3 is 10.1 Å². The molecule has 1 amide bonds. The van der Waals surface area contributed by atoms with Crippen LogP contribution in [0.5, 0.6) is 0 Å². The molecule has 1 aliphatic carbocycles. The van der Waals surface area contributed by atoms with Crippen molar-refractivity contribution < 1.29 is 14.3 Å². The molecule has 4 heteroatoms. The molecule has 110 valence electrons. The van der Waals surface area contributed by atoms with Crippen LogP contribution in [0.1, 0.15) is 53.9 Å². The van der Waals surface area contributed by atoms with Gasteiger partial charge in [-0.25, -0.2) is 0 Å². The fourth-order valence-corrected chi connectivity index (χ4v) is 2.46. The Kier molecular flexibility index (Phi) is 5.39. The van der Waals surface area contributed by atoms with Crippen molar-refractivity contribution in [3.05, 3.63) is 0 Å². The third kappa shape index (κ3) is 4.51. The van der Waals surface area contributed by atoms with E-state index in [0.29, 0.717) is 12.5 Å². The van der Waals surface area contributed by atoms with E-state index in [1.807, 2.05) is 20.8 Å². The summed E-state index contributed by atoms with van der Waals surface area (Å²) in [6.45, 7) is 9.89. The molecule has 1 rings (SSSR count). The molecule has 0 aromatic heterocycles. The van der Waals surface area contributed by atoms with Crippen LogP contribution in [0.3, 0.4) is 0 Å². The Hall–Kier alpha value is -1.06. The molecular weight excluding hydrogens is 242 g/mol. The van der Waals surface area contributed by atoms with E-state index in [9.17, 15) is 9.59 Å². The molecule has 0 spiro atoms. The molecule has 1 saturated carbocycles. The molecule has 1 N–H and O–H groups in total. The zero-order valence-corrected chi connectivity index (χ0v) is 12.8. The average Bonchev–Trinajstić information content (AvgIpc) is 2.94. The standard InChI is InChI=1S/C15H27NO3/c1-6-8-10-9-11(10)16-13(17)12(15(3,4)5)14(18)19-7-2/h10-12H,6-9H2,1-5H3,(H,16,17). The molecular formula is C15H27NO3. The Balaban J connectivity index is 2.61. The van der Waals surface area contributed by atoms with Crippen LogP contribution in [0.15, 0.2) is 0 Å². The lowest BCUT2D eigenvalue weighted by molar-refractivity contribution is -0.156. The summed E-state index contributed by atoms with van der Waals surface area (Å²) >= 11 is 0. The van der Waals surface area contributed by atoms with Gasteiger partial charge in [0.25, 0.3) is 0 Å². The number of carbonyl (C=O) groups is 2. The summed E-state index contributed by atoms with van der Waals surface area (Å²) < 4.78 is 5.03. The lowest BCUT2D eigenvalue weighted by Gasteiger charge is -2.27. The summed E-state index contributed by atoms with van der Waals surface area (Å²) in [5, 5.41) is 2.99. The van der Waals surface area contributed by atoms with Crippen LogP contribution in [0, 0.1) is 17.3 Å². The third-order valence-electron chi connectivity index (χ3n) is 3.56. The van der Waals surface area contributed by atoms with Gasteiger partial charge in [-0.15, -0.1) is 0 Å². The van der Waals surface area contributed by atoms with E-state index >= 15 is 0 Å². The van der Waals surface area contributed by atoms with E-state index in [0.717, 1.165) is 19.3 Å². The molecule has 1 aliphatic rings. The lowest BCUT2D eigenvalue weighted by Crippen LogP contribution is -2.44. The molecule has 19 heavy (non-hydrogen) atoms. The predicted octanol–water partition coefficient (Wildman–Crippen LogP) is 2.52. The Labute approximate surface area is 116 Å². The van der Waals surface area contributed by atoms with Gasteiger partial charge in [0.15, 0.2) is 0 Å². The quantitative estimate of drug-likeness (QED) is 0.595.